The number of hydrogen-bond acceptors (Lipinski definition) is 4. The van der Waals surface area contributed by atoms with E-state index in [1.54, 1.807) is 23.9 Å². The molecule has 1 rings (SSSR count). The first-order chi connectivity index (χ1) is 10.1. The largest absolute Gasteiger partial charge is 0.489 e. The normalized spacial score (nSPS) is 12.9. The van der Waals surface area contributed by atoms with Gasteiger partial charge in [0.15, 0.2) is 0 Å². The number of amides is 1. The van der Waals surface area contributed by atoms with E-state index in [1.807, 2.05) is 13.2 Å². The molecule has 0 heterocycles. The van der Waals surface area contributed by atoms with Crippen LogP contribution >= 0.6 is 24.2 Å². The van der Waals surface area contributed by atoms with Crippen LogP contribution in [0.25, 0.3) is 0 Å². The molecule has 0 spiro atoms. The number of carbonyl (C=O) groups is 1. The molecule has 7 heteroatoms. The Balaban J connectivity index is 0.00000441. The Morgan fingerprint density at radius 3 is 2.82 bits per heavy atom. The summed E-state index contributed by atoms with van der Waals surface area (Å²) in [6.45, 7) is 2.31. The lowest BCUT2D eigenvalue weighted by Gasteiger charge is -2.19. The van der Waals surface area contributed by atoms with E-state index < -0.39 is 6.04 Å². The zero-order valence-electron chi connectivity index (χ0n) is 12.9. The highest BCUT2D eigenvalue weighted by atomic mass is 35.5. The molecule has 1 aromatic carbocycles. The van der Waals surface area contributed by atoms with Crippen LogP contribution in [0.15, 0.2) is 24.3 Å². The van der Waals surface area contributed by atoms with Crippen LogP contribution in [0.2, 0.25) is 0 Å². The van der Waals surface area contributed by atoms with Crippen molar-refractivity contribution in [3.8, 4) is 5.75 Å². The van der Waals surface area contributed by atoms with Gasteiger partial charge in [-0.05, 0) is 37.0 Å². The molecule has 126 valence electrons. The Bertz CT molecular complexity index is 451. The van der Waals surface area contributed by atoms with E-state index in [4.69, 9.17) is 10.5 Å². The van der Waals surface area contributed by atoms with Crippen LogP contribution in [-0.4, -0.2) is 36.6 Å². The fraction of sp³-hybridized carbons (Fsp3) is 0.533. The van der Waals surface area contributed by atoms with Gasteiger partial charge in [-0.15, -0.1) is 12.4 Å². The summed E-state index contributed by atoms with van der Waals surface area (Å²) in [5, 5.41) is 2.79. The predicted octanol–water partition coefficient (Wildman–Crippen LogP) is 2.60. The second-order valence-corrected chi connectivity index (χ2v) is 5.72. The number of thioether (sulfide) groups is 1. The lowest BCUT2D eigenvalue weighted by Crippen LogP contribution is -2.44. The molecule has 0 bridgehead atoms. The Morgan fingerprint density at radius 1 is 1.50 bits per heavy atom. The number of nitrogens with two attached hydrogens (primary N) is 1. The molecular formula is C15H24ClFN2O2S. The summed E-state index contributed by atoms with van der Waals surface area (Å²) >= 11 is 1.66. The first kappa shape index (κ1) is 21.0. The third kappa shape index (κ3) is 7.87. The van der Waals surface area contributed by atoms with Crippen molar-refractivity contribution in [2.24, 2.45) is 5.73 Å². The third-order valence-electron chi connectivity index (χ3n) is 3.03. The van der Waals surface area contributed by atoms with Crippen molar-refractivity contribution in [1.82, 2.24) is 5.32 Å². The number of ether oxygens (including phenoxy) is 1. The Morgan fingerprint density at radius 2 is 2.23 bits per heavy atom. The number of rotatable bonds is 9. The van der Waals surface area contributed by atoms with Gasteiger partial charge < -0.3 is 15.8 Å². The highest BCUT2D eigenvalue weighted by Gasteiger charge is 2.15. The van der Waals surface area contributed by atoms with Gasteiger partial charge in [0.05, 0.1) is 12.6 Å². The van der Waals surface area contributed by atoms with Gasteiger partial charge in [0, 0.05) is 6.07 Å². The molecular weight excluding hydrogens is 327 g/mol. The molecule has 2 atom stereocenters. The lowest BCUT2D eigenvalue weighted by atomic mass is 10.2. The first-order valence-electron chi connectivity index (χ1n) is 7.01. The zero-order chi connectivity index (χ0) is 15.7. The molecule has 0 aliphatic carbocycles. The predicted molar refractivity (Wildman–Crippen MR) is 92.3 cm³/mol. The fourth-order valence-corrected chi connectivity index (χ4v) is 2.21. The molecule has 1 amide bonds. The maximum Gasteiger partial charge on any atom is 0.237 e. The van der Waals surface area contributed by atoms with Gasteiger partial charge in [0.25, 0.3) is 0 Å². The highest BCUT2D eigenvalue weighted by Crippen LogP contribution is 2.14. The summed E-state index contributed by atoms with van der Waals surface area (Å²) in [5.74, 6) is 0.796. The van der Waals surface area contributed by atoms with Gasteiger partial charge in [0.1, 0.15) is 17.7 Å². The monoisotopic (exact) mass is 350 g/mol. The summed E-state index contributed by atoms with van der Waals surface area (Å²) in [6.07, 6.45) is 3.12. The van der Waals surface area contributed by atoms with Gasteiger partial charge in [-0.3, -0.25) is 4.79 Å². The number of hydrogen-bond donors (Lipinski definition) is 2. The summed E-state index contributed by atoms with van der Waals surface area (Å²) in [6, 6.07) is 5.48. The summed E-state index contributed by atoms with van der Waals surface area (Å²) < 4.78 is 18.7. The molecule has 22 heavy (non-hydrogen) atoms. The van der Waals surface area contributed by atoms with Crippen LogP contribution in [0, 0.1) is 5.82 Å². The molecule has 4 nitrogen and oxygen atoms in total. The van der Waals surface area contributed by atoms with Crippen LogP contribution in [0.3, 0.4) is 0 Å². The molecule has 0 saturated heterocycles. The minimum atomic E-state index is -0.496. The SMILES string of the molecule is CCC(CNC(=O)[C@@H](N)CCSC)Oc1cccc(F)c1.Cl. The van der Waals surface area contributed by atoms with Crippen molar-refractivity contribution in [3.63, 3.8) is 0 Å². The van der Waals surface area contributed by atoms with Crippen molar-refractivity contribution >= 4 is 30.1 Å². The van der Waals surface area contributed by atoms with Gasteiger partial charge in [-0.1, -0.05) is 13.0 Å². The van der Waals surface area contributed by atoms with Crippen LogP contribution in [0.4, 0.5) is 4.39 Å². The standard InChI is InChI=1S/C15H23FN2O2S.ClH/c1-3-12(20-13-6-4-5-11(16)9-13)10-18-15(19)14(17)7-8-21-2;/h4-6,9,12,14H,3,7-8,10,17H2,1-2H3,(H,18,19);1H/t12?,14-;/m0./s1. The summed E-state index contributed by atoms with van der Waals surface area (Å²) in [5.41, 5.74) is 5.79. The van der Waals surface area contributed by atoms with E-state index in [-0.39, 0.29) is 30.2 Å². The maximum absolute atomic E-state index is 13.1. The van der Waals surface area contributed by atoms with Crippen LogP contribution in [-0.2, 0) is 4.79 Å². The Labute approximate surface area is 141 Å². The van der Waals surface area contributed by atoms with Crippen LogP contribution < -0.4 is 15.8 Å². The van der Waals surface area contributed by atoms with Crippen molar-refractivity contribution in [2.45, 2.75) is 31.9 Å². The Hall–Kier alpha value is -0.980. The van der Waals surface area contributed by atoms with E-state index in [0.717, 1.165) is 5.75 Å². The number of benzene rings is 1. The molecule has 1 aromatic rings. The smallest absolute Gasteiger partial charge is 0.237 e. The fourth-order valence-electron chi connectivity index (χ4n) is 1.72. The van der Waals surface area contributed by atoms with Crippen molar-refractivity contribution in [1.29, 1.82) is 0 Å². The van der Waals surface area contributed by atoms with Gasteiger partial charge >= 0.3 is 0 Å². The van der Waals surface area contributed by atoms with E-state index in [9.17, 15) is 9.18 Å². The summed E-state index contributed by atoms with van der Waals surface area (Å²) in [7, 11) is 0. The van der Waals surface area contributed by atoms with Gasteiger partial charge in [-0.25, -0.2) is 4.39 Å². The maximum atomic E-state index is 13.1. The van der Waals surface area contributed by atoms with Gasteiger partial charge in [-0.2, -0.15) is 11.8 Å². The molecule has 0 aromatic heterocycles. The third-order valence-corrected chi connectivity index (χ3v) is 3.67. The van der Waals surface area contributed by atoms with Crippen molar-refractivity contribution in [3.05, 3.63) is 30.1 Å². The van der Waals surface area contributed by atoms with Gasteiger partial charge in [0.2, 0.25) is 5.91 Å². The van der Waals surface area contributed by atoms with Crippen LogP contribution in [0.5, 0.6) is 5.75 Å². The molecule has 0 aliphatic rings. The van der Waals surface area contributed by atoms with E-state index in [2.05, 4.69) is 5.32 Å². The number of nitrogens with one attached hydrogen (secondary N) is 1. The summed E-state index contributed by atoms with van der Waals surface area (Å²) in [4.78, 5) is 11.8. The Kier molecular flexibility index (Phi) is 11.1. The van der Waals surface area contributed by atoms with Crippen molar-refractivity contribution in [2.75, 3.05) is 18.6 Å². The van der Waals surface area contributed by atoms with E-state index in [1.165, 1.54) is 12.1 Å². The average molecular weight is 351 g/mol. The van der Waals surface area contributed by atoms with Crippen molar-refractivity contribution < 1.29 is 13.9 Å². The lowest BCUT2D eigenvalue weighted by molar-refractivity contribution is -0.122. The molecule has 0 fully saturated rings. The number of carbonyl (C=O) groups excluding carboxylic acids is 1. The second kappa shape index (κ2) is 11.6. The van der Waals surface area contributed by atoms with E-state index in [0.29, 0.717) is 25.1 Å². The molecule has 1 unspecified atom stereocenters. The minimum absolute atomic E-state index is 0. The van der Waals surface area contributed by atoms with Crippen LogP contribution in [0.1, 0.15) is 19.8 Å². The number of halogens is 2. The quantitative estimate of drug-likeness (QED) is 0.718. The average Bonchev–Trinajstić information content (AvgIpc) is 2.48. The van der Waals surface area contributed by atoms with E-state index >= 15 is 0 Å². The first-order valence-corrected chi connectivity index (χ1v) is 8.40. The molecule has 0 aliphatic heterocycles. The highest BCUT2D eigenvalue weighted by molar-refractivity contribution is 7.98. The second-order valence-electron chi connectivity index (χ2n) is 4.74. The zero-order valence-corrected chi connectivity index (χ0v) is 14.5. The molecule has 0 radical (unpaired) electrons. The molecule has 0 saturated carbocycles. The topological polar surface area (TPSA) is 64.4 Å². The molecule has 3 N–H and O–H groups in total. The minimum Gasteiger partial charge on any atom is -0.489 e.